The van der Waals surface area contributed by atoms with Crippen molar-refractivity contribution in [3.8, 4) is 10.6 Å². The molecule has 0 spiro atoms. The molecule has 1 amide bonds. The Balaban J connectivity index is 1.54. The average molecular weight is 331 g/mol. The molecule has 23 heavy (non-hydrogen) atoms. The molecule has 4 rings (SSSR count). The molecule has 2 aliphatic heterocycles. The van der Waals surface area contributed by atoms with Gasteiger partial charge in [0, 0.05) is 36.1 Å². The SMILES string of the molecule is O=C(c1csc(-c2ccccc2F)n1)N1CCC2CCC(C1)N2. The van der Waals surface area contributed by atoms with Crippen LogP contribution in [0.25, 0.3) is 10.6 Å². The summed E-state index contributed by atoms with van der Waals surface area (Å²) in [6, 6.07) is 7.47. The molecule has 2 aromatic rings. The van der Waals surface area contributed by atoms with E-state index in [4.69, 9.17) is 0 Å². The summed E-state index contributed by atoms with van der Waals surface area (Å²) in [7, 11) is 0. The minimum Gasteiger partial charge on any atom is -0.336 e. The molecule has 120 valence electrons. The van der Waals surface area contributed by atoms with Gasteiger partial charge in [-0.2, -0.15) is 0 Å². The zero-order valence-corrected chi connectivity index (χ0v) is 13.5. The third-order valence-electron chi connectivity index (χ3n) is 4.64. The summed E-state index contributed by atoms with van der Waals surface area (Å²) in [4.78, 5) is 19.0. The Morgan fingerprint density at radius 2 is 2.09 bits per heavy atom. The van der Waals surface area contributed by atoms with Crippen molar-refractivity contribution >= 4 is 17.2 Å². The van der Waals surface area contributed by atoms with Crippen LogP contribution in [0.15, 0.2) is 29.6 Å². The lowest BCUT2D eigenvalue weighted by Crippen LogP contribution is -2.39. The first-order valence-corrected chi connectivity index (χ1v) is 8.84. The predicted molar refractivity (Wildman–Crippen MR) is 88.0 cm³/mol. The fourth-order valence-corrected chi connectivity index (χ4v) is 4.24. The van der Waals surface area contributed by atoms with Crippen LogP contribution in [0.3, 0.4) is 0 Å². The quantitative estimate of drug-likeness (QED) is 0.920. The zero-order valence-electron chi connectivity index (χ0n) is 12.7. The molecule has 1 aromatic carbocycles. The second-order valence-corrected chi connectivity index (χ2v) is 7.05. The number of likely N-dealkylation sites (tertiary alicyclic amines) is 1. The maximum Gasteiger partial charge on any atom is 0.273 e. The summed E-state index contributed by atoms with van der Waals surface area (Å²) in [5, 5.41) is 5.86. The Bertz CT molecular complexity index is 732. The summed E-state index contributed by atoms with van der Waals surface area (Å²) in [6.07, 6.45) is 3.33. The van der Waals surface area contributed by atoms with Gasteiger partial charge < -0.3 is 10.2 Å². The second kappa shape index (κ2) is 6.02. The van der Waals surface area contributed by atoms with Crippen LogP contribution in [-0.2, 0) is 0 Å². The molecule has 0 saturated carbocycles. The van der Waals surface area contributed by atoms with Gasteiger partial charge in [0.25, 0.3) is 5.91 Å². The number of halogens is 1. The van der Waals surface area contributed by atoms with Gasteiger partial charge in [0.2, 0.25) is 0 Å². The molecule has 2 unspecified atom stereocenters. The number of benzene rings is 1. The van der Waals surface area contributed by atoms with Crippen molar-refractivity contribution in [3.63, 3.8) is 0 Å². The third-order valence-corrected chi connectivity index (χ3v) is 5.51. The second-order valence-electron chi connectivity index (χ2n) is 6.20. The first-order chi connectivity index (χ1) is 11.2. The number of nitrogens with one attached hydrogen (secondary N) is 1. The molecular weight excluding hydrogens is 313 g/mol. The van der Waals surface area contributed by atoms with Crippen LogP contribution in [0, 0.1) is 5.82 Å². The van der Waals surface area contributed by atoms with Crippen molar-refractivity contribution in [2.45, 2.75) is 31.3 Å². The zero-order chi connectivity index (χ0) is 15.8. The Hall–Kier alpha value is -1.79. The lowest BCUT2D eigenvalue weighted by molar-refractivity contribution is 0.0743. The smallest absolute Gasteiger partial charge is 0.273 e. The monoisotopic (exact) mass is 331 g/mol. The molecule has 6 heteroatoms. The number of nitrogens with zero attached hydrogens (tertiary/aromatic N) is 2. The number of fused-ring (bicyclic) bond motifs is 2. The van der Waals surface area contributed by atoms with Gasteiger partial charge in [-0.15, -0.1) is 11.3 Å². The maximum atomic E-state index is 13.9. The number of aromatic nitrogens is 1. The topological polar surface area (TPSA) is 45.2 Å². The lowest BCUT2D eigenvalue weighted by atomic mass is 10.1. The van der Waals surface area contributed by atoms with Gasteiger partial charge in [-0.1, -0.05) is 12.1 Å². The van der Waals surface area contributed by atoms with Gasteiger partial charge in [-0.25, -0.2) is 9.37 Å². The number of carbonyl (C=O) groups excluding carboxylic acids is 1. The molecule has 2 bridgehead atoms. The van der Waals surface area contributed by atoms with Gasteiger partial charge in [0.15, 0.2) is 0 Å². The molecule has 3 heterocycles. The molecule has 0 aliphatic carbocycles. The molecule has 2 saturated heterocycles. The highest BCUT2D eigenvalue weighted by Gasteiger charge is 2.32. The van der Waals surface area contributed by atoms with Crippen molar-refractivity contribution in [1.82, 2.24) is 15.2 Å². The van der Waals surface area contributed by atoms with Gasteiger partial charge in [-0.3, -0.25) is 4.79 Å². The van der Waals surface area contributed by atoms with E-state index >= 15 is 0 Å². The maximum absolute atomic E-state index is 13.9. The number of amides is 1. The van der Waals surface area contributed by atoms with Crippen LogP contribution in [0.1, 0.15) is 29.8 Å². The van der Waals surface area contributed by atoms with Crippen LogP contribution in [0.2, 0.25) is 0 Å². The fraction of sp³-hybridized carbons (Fsp3) is 0.412. The Morgan fingerprint density at radius 1 is 1.26 bits per heavy atom. The molecule has 1 aromatic heterocycles. The normalized spacial score (nSPS) is 23.8. The number of carbonyl (C=O) groups is 1. The van der Waals surface area contributed by atoms with Crippen LogP contribution < -0.4 is 5.32 Å². The summed E-state index contributed by atoms with van der Waals surface area (Å²) < 4.78 is 13.9. The van der Waals surface area contributed by atoms with E-state index in [0.717, 1.165) is 25.9 Å². The van der Waals surface area contributed by atoms with E-state index in [1.54, 1.807) is 23.6 Å². The average Bonchev–Trinajstić information content (AvgIpc) is 3.14. The largest absolute Gasteiger partial charge is 0.336 e. The van der Waals surface area contributed by atoms with E-state index in [1.807, 2.05) is 4.90 Å². The van der Waals surface area contributed by atoms with Crippen LogP contribution in [-0.4, -0.2) is 41.0 Å². The van der Waals surface area contributed by atoms with Crippen molar-refractivity contribution in [2.24, 2.45) is 0 Å². The summed E-state index contributed by atoms with van der Waals surface area (Å²) >= 11 is 1.32. The standard InChI is InChI=1S/C17H18FN3OS/c18-14-4-2-1-3-13(14)16-20-15(10-23-16)17(22)21-8-7-11-5-6-12(9-21)19-11/h1-4,10-12,19H,5-9H2. The molecule has 2 atom stereocenters. The van der Waals surface area contributed by atoms with Gasteiger partial charge in [0.1, 0.15) is 16.5 Å². The van der Waals surface area contributed by atoms with Gasteiger partial charge in [-0.05, 0) is 31.4 Å². The molecule has 4 nitrogen and oxygen atoms in total. The number of hydrogen-bond acceptors (Lipinski definition) is 4. The first kappa shape index (κ1) is 14.8. The number of rotatable bonds is 2. The van der Waals surface area contributed by atoms with Crippen LogP contribution >= 0.6 is 11.3 Å². The van der Waals surface area contributed by atoms with E-state index in [9.17, 15) is 9.18 Å². The van der Waals surface area contributed by atoms with Crippen LogP contribution in [0.4, 0.5) is 4.39 Å². The van der Waals surface area contributed by atoms with E-state index in [0.29, 0.717) is 28.3 Å². The van der Waals surface area contributed by atoms with Crippen molar-refractivity contribution in [3.05, 3.63) is 41.2 Å². The van der Waals surface area contributed by atoms with Crippen molar-refractivity contribution < 1.29 is 9.18 Å². The van der Waals surface area contributed by atoms with Crippen molar-refractivity contribution in [2.75, 3.05) is 13.1 Å². The summed E-state index contributed by atoms with van der Waals surface area (Å²) in [5.41, 5.74) is 0.874. The Morgan fingerprint density at radius 3 is 2.96 bits per heavy atom. The number of thiazole rings is 1. The lowest BCUT2D eigenvalue weighted by Gasteiger charge is -2.23. The fourth-order valence-electron chi connectivity index (χ4n) is 3.42. The summed E-state index contributed by atoms with van der Waals surface area (Å²) in [6.45, 7) is 1.50. The van der Waals surface area contributed by atoms with Gasteiger partial charge >= 0.3 is 0 Å². The molecule has 1 N–H and O–H groups in total. The first-order valence-electron chi connectivity index (χ1n) is 7.96. The molecule has 2 aliphatic rings. The third kappa shape index (κ3) is 2.88. The molecule has 0 radical (unpaired) electrons. The highest BCUT2D eigenvalue weighted by atomic mass is 32.1. The van der Waals surface area contributed by atoms with E-state index in [2.05, 4.69) is 10.3 Å². The highest BCUT2D eigenvalue weighted by molar-refractivity contribution is 7.13. The minimum atomic E-state index is -0.308. The van der Waals surface area contributed by atoms with Gasteiger partial charge in [0.05, 0.1) is 0 Å². The predicted octanol–water partition coefficient (Wildman–Crippen LogP) is 2.92. The van der Waals surface area contributed by atoms with E-state index < -0.39 is 0 Å². The van der Waals surface area contributed by atoms with Crippen LogP contribution in [0.5, 0.6) is 0 Å². The van der Waals surface area contributed by atoms with Crippen molar-refractivity contribution in [1.29, 1.82) is 0 Å². The Kier molecular flexibility index (Phi) is 3.87. The molecular formula is C17H18FN3OS. The van der Waals surface area contributed by atoms with E-state index in [1.165, 1.54) is 23.8 Å². The molecule has 2 fully saturated rings. The Labute approximate surface area is 138 Å². The van der Waals surface area contributed by atoms with E-state index in [-0.39, 0.29) is 11.7 Å². The number of hydrogen-bond donors (Lipinski definition) is 1. The highest BCUT2D eigenvalue weighted by Crippen LogP contribution is 2.27. The summed E-state index contributed by atoms with van der Waals surface area (Å²) in [5.74, 6) is -0.352. The minimum absolute atomic E-state index is 0.0433.